The Labute approximate surface area is 134 Å². The standard InChI is InChI=1S/C13H12N2O5S.C2H6/c14-10-6-8(13(16)17)7-11(21(15,18)19)12(10)20-9-4-2-1-3-5-9;1-2/h1-7H,14H2,(H,16,17)(H2,15,18,19);1-2H3. The molecular weight excluding hydrogens is 320 g/mol. The van der Waals surface area contributed by atoms with E-state index < -0.39 is 20.9 Å². The second-order valence-electron chi connectivity index (χ2n) is 4.16. The van der Waals surface area contributed by atoms with Gasteiger partial charge in [-0.2, -0.15) is 0 Å². The van der Waals surface area contributed by atoms with E-state index in [2.05, 4.69) is 0 Å². The molecule has 0 spiro atoms. The number of rotatable bonds is 4. The van der Waals surface area contributed by atoms with Crippen LogP contribution >= 0.6 is 0 Å². The van der Waals surface area contributed by atoms with Gasteiger partial charge in [-0.25, -0.2) is 18.4 Å². The highest BCUT2D eigenvalue weighted by Gasteiger charge is 2.22. The number of nitrogen functional groups attached to an aromatic ring is 1. The summed E-state index contributed by atoms with van der Waals surface area (Å²) in [5, 5.41) is 14.0. The molecule has 2 aromatic rings. The van der Waals surface area contributed by atoms with Crippen molar-refractivity contribution in [3.8, 4) is 11.5 Å². The highest BCUT2D eigenvalue weighted by Crippen LogP contribution is 2.35. The van der Waals surface area contributed by atoms with Crippen molar-refractivity contribution in [1.82, 2.24) is 0 Å². The topological polar surface area (TPSA) is 133 Å². The van der Waals surface area contributed by atoms with E-state index in [1.54, 1.807) is 30.3 Å². The summed E-state index contributed by atoms with van der Waals surface area (Å²) in [6.45, 7) is 4.00. The summed E-state index contributed by atoms with van der Waals surface area (Å²) in [7, 11) is -4.20. The van der Waals surface area contributed by atoms with Crippen LogP contribution in [0.5, 0.6) is 11.5 Å². The average molecular weight is 338 g/mol. The van der Waals surface area contributed by atoms with Gasteiger partial charge in [0, 0.05) is 0 Å². The molecule has 0 saturated heterocycles. The largest absolute Gasteiger partial charge is 0.478 e. The van der Waals surface area contributed by atoms with Gasteiger partial charge in [0.2, 0.25) is 10.0 Å². The Morgan fingerprint density at radius 1 is 1.13 bits per heavy atom. The van der Waals surface area contributed by atoms with E-state index in [1.807, 2.05) is 13.8 Å². The maximum atomic E-state index is 11.6. The Balaban J connectivity index is 0.00000127. The van der Waals surface area contributed by atoms with Crippen LogP contribution in [0.15, 0.2) is 47.4 Å². The first-order valence-electron chi connectivity index (χ1n) is 6.71. The second-order valence-corrected chi connectivity index (χ2v) is 5.69. The summed E-state index contributed by atoms with van der Waals surface area (Å²) in [5.74, 6) is -1.18. The minimum Gasteiger partial charge on any atom is -0.478 e. The predicted octanol–water partition coefficient (Wildman–Crippen LogP) is 2.43. The maximum Gasteiger partial charge on any atom is 0.335 e. The molecule has 5 N–H and O–H groups in total. The van der Waals surface area contributed by atoms with E-state index in [4.69, 9.17) is 20.7 Å². The number of aromatic carboxylic acids is 1. The van der Waals surface area contributed by atoms with Crippen LogP contribution in [0, 0.1) is 0 Å². The fraction of sp³-hybridized carbons (Fsp3) is 0.133. The van der Waals surface area contributed by atoms with Gasteiger partial charge in [0.05, 0.1) is 11.3 Å². The number of carboxylic acids is 1. The molecule has 0 amide bonds. The third-order valence-electron chi connectivity index (χ3n) is 2.60. The van der Waals surface area contributed by atoms with Crippen LogP contribution in [0.4, 0.5) is 5.69 Å². The van der Waals surface area contributed by atoms with E-state index in [-0.39, 0.29) is 17.0 Å². The summed E-state index contributed by atoms with van der Waals surface area (Å²) >= 11 is 0. The van der Waals surface area contributed by atoms with Crippen molar-refractivity contribution in [1.29, 1.82) is 0 Å². The number of para-hydroxylation sites is 1. The molecule has 8 heteroatoms. The van der Waals surface area contributed by atoms with Gasteiger partial charge in [-0.3, -0.25) is 0 Å². The number of ether oxygens (including phenoxy) is 1. The van der Waals surface area contributed by atoms with E-state index in [9.17, 15) is 13.2 Å². The van der Waals surface area contributed by atoms with Crippen molar-refractivity contribution in [2.75, 3.05) is 5.73 Å². The Bertz CT molecular complexity index is 789. The number of sulfonamides is 1. The highest BCUT2D eigenvalue weighted by atomic mass is 32.2. The van der Waals surface area contributed by atoms with Gasteiger partial charge >= 0.3 is 5.97 Å². The highest BCUT2D eigenvalue weighted by molar-refractivity contribution is 7.89. The minimum absolute atomic E-state index is 0.136. The number of benzene rings is 2. The molecular formula is C15H18N2O5S. The Kier molecular flexibility index (Phi) is 6.11. The first-order valence-corrected chi connectivity index (χ1v) is 8.26. The predicted molar refractivity (Wildman–Crippen MR) is 87.1 cm³/mol. The molecule has 2 rings (SSSR count). The van der Waals surface area contributed by atoms with E-state index in [1.165, 1.54) is 0 Å². The SMILES string of the molecule is CC.Nc1cc(C(=O)O)cc(S(N)(=O)=O)c1Oc1ccccc1. The molecule has 0 aliphatic rings. The molecule has 0 bridgehead atoms. The van der Waals surface area contributed by atoms with Crippen molar-refractivity contribution in [3.05, 3.63) is 48.0 Å². The van der Waals surface area contributed by atoms with E-state index >= 15 is 0 Å². The lowest BCUT2D eigenvalue weighted by molar-refractivity contribution is 0.0696. The molecule has 0 fully saturated rings. The third kappa shape index (κ3) is 4.70. The first kappa shape index (κ1) is 18.5. The molecule has 0 saturated carbocycles. The van der Waals surface area contributed by atoms with Gasteiger partial charge in [-0.05, 0) is 24.3 Å². The van der Waals surface area contributed by atoms with Crippen LogP contribution in [0.3, 0.4) is 0 Å². The van der Waals surface area contributed by atoms with Gasteiger partial charge < -0.3 is 15.6 Å². The van der Waals surface area contributed by atoms with Gasteiger partial charge in [-0.15, -0.1) is 0 Å². The zero-order valence-electron chi connectivity index (χ0n) is 12.7. The zero-order valence-corrected chi connectivity index (χ0v) is 13.5. The number of primary sulfonamides is 1. The summed E-state index contributed by atoms with van der Waals surface area (Å²) in [6.07, 6.45) is 0. The number of carbonyl (C=O) groups is 1. The van der Waals surface area contributed by atoms with Crippen LogP contribution in [0.2, 0.25) is 0 Å². The molecule has 0 atom stereocenters. The second kappa shape index (κ2) is 7.61. The van der Waals surface area contributed by atoms with Gasteiger partial charge in [0.15, 0.2) is 5.75 Å². The minimum atomic E-state index is -4.20. The molecule has 23 heavy (non-hydrogen) atoms. The lowest BCUT2D eigenvalue weighted by Gasteiger charge is -2.13. The van der Waals surface area contributed by atoms with Crippen LogP contribution in [-0.4, -0.2) is 19.5 Å². The quantitative estimate of drug-likeness (QED) is 0.733. The molecule has 0 radical (unpaired) electrons. The fourth-order valence-electron chi connectivity index (χ4n) is 1.67. The fourth-order valence-corrected chi connectivity index (χ4v) is 2.38. The Morgan fingerprint density at radius 2 is 1.70 bits per heavy atom. The van der Waals surface area contributed by atoms with Crippen LogP contribution in [0.25, 0.3) is 0 Å². The summed E-state index contributed by atoms with van der Waals surface area (Å²) < 4.78 is 28.7. The molecule has 0 unspecified atom stereocenters. The molecule has 0 heterocycles. The average Bonchev–Trinajstić information content (AvgIpc) is 2.50. The van der Waals surface area contributed by atoms with Gasteiger partial charge in [0.25, 0.3) is 0 Å². The van der Waals surface area contributed by atoms with E-state index in [0.29, 0.717) is 5.75 Å². The van der Waals surface area contributed by atoms with Crippen molar-refractivity contribution >= 4 is 21.7 Å². The zero-order chi connectivity index (χ0) is 17.6. The smallest absolute Gasteiger partial charge is 0.335 e. The van der Waals surface area contributed by atoms with Crippen molar-refractivity contribution in [2.24, 2.45) is 5.14 Å². The normalized spacial score (nSPS) is 10.4. The number of hydrogen-bond acceptors (Lipinski definition) is 5. The molecule has 0 aliphatic carbocycles. The monoisotopic (exact) mass is 338 g/mol. The van der Waals surface area contributed by atoms with E-state index in [0.717, 1.165) is 12.1 Å². The summed E-state index contributed by atoms with van der Waals surface area (Å²) in [6, 6.07) is 10.3. The number of nitrogens with two attached hydrogens (primary N) is 2. The van der Waals surface area contributed by atoms with Crippen LogP contribution in [0.1, 0.15) is 24.2 Å². The van der Waals surface area contributed by atoms with Crippen LogP contribution in [-0.2, 0) is 10.0 Å². The Hall–Kier alpha value is -2.58. The van der Waals surface area contributed by atoms with Crippen molar-refractivity contribution in [2.45, 2.75) is 18.7 Å². The number of hydrogen-bond donors (Lipinski definition) is 3. The number of anilines is 1. The lowest BCUT2D eigenvalue weighted by Crippen LogP contribution is -2.15. The summed E-state index contributed by atoms with van der Waals surface area (Å²) in [5.41, 5.74) is 5.27. The molecule has 124 valence electrons. The Morgan fingerprint density at radius 3 is 2.17 bits per heavy atom. The molecule has 7 nitrogen and oxygen atoms in total. The summed E-state index contributed by atoms with van der Waals surface area (Å²) in [4.78, 5) is 10.5. The van der Waals surface area contributed by atoms with Gasteiger partial charge in [0.1, 0.15) is 10.6 Å². The molecule has 2 aromatic carbocycles. The number of carboxylic acid groups (broad SMARTS) is 1. The molecule has 0 aliphatic heterocycles. The van der Waals surface area contributed by atoms with Crippen LogP contribution < -0.4 is 15.6 Å². The van der Waals surface area contributed by atoms with Crippen molar-refractivity contribution < 1.29 is 23.1 Å². The van der Waals surface area contributed by atoms with Crippen molar-refractivity contribution in [3.63, 3.8) is 0 Å². The first-order chi connectivity index (χ1) is 10.8. The lowest BCUT2D eigenvalue weighted by atomic mass is 10.2. The maximum absolute atomic E-state index is 11.6. The molecule has 0 aromatic heterocycles. The van der Waals surface area contributed by atoms with Gasteiger partial charge in [-0.1, -0.05) is 32.0 Å². The third-order valence-corrected chi connectivity index (χ3v) is 3.52.